The Bertz CT molecular complexity index is 596. The van der Waals surface area contributed by atoms with Crippen LogP contribution in [0.15, 0.2) is 48.8 Å². The van der Waals surface area contributed by atoms with Crippen molar-refractivity contribution in [1.82, 2.24) is 15.0 Å². The van der Waals surface area contributed by atoms with Crippen LogP contribution in [0.1, 0.15) is 0 Å². The van der Waals surface area contributed by atoms with Crippen molar-refractivity contribution in [3.05, 3.63) is 51.8 Å². The summed E-state index contributed by atoms with van der Waals surface area (Å²) in [6.07, 6.45) is 3.58. The van der Waals surface area contributed by atoms with E-state index in [2.05, 4.69) is 37.5 Å². The molecule has 0 aliphatic rings. The molecule has 3 heterocycles. The minimum absolute atomic E-state index is 0.886. The van der Waals surface area contributed by atoms with E-state index in [9.17, 15) is 0 Å². The van der Waals surface area contributed by atoms with Crippen molar-refractivity contribution < 1.29 is 0 Å². The zero-order valence-electron chi connectivity index (χ0n) is 9.25. The van der Waals surface area contributed by atoms with Crippen LogP contribution in [0.5, 0.6) is 0 Å². The minimum atomic E-state index is 0.886. The maximum absolute atomic E-state index is 4.56. The second-order valence-corrected chi connectivity index (χ2v) is 6.33. The second-order valence-electron chi connectivity index (χ2n) is 3.57. The summed E-state index contributed by atoms with van der Waals surface area (Å²) in [5, 5.41) is 0. The molecule has 0 unspecified atom stereocenters. The van der Waals surface area contributed by atoms with Crippen molar-refractivity contribution in [2.45, 2.75) is 0 Å². The Kier molecular flexibility index (Phi) is 3.33. The van der Waals surface area contributed by atoms with Gasteiger partial charge in [0, 0.05) is 12.4 Å². The van der Waals surface area contributed by atoms with Gasteiger partial charge in [-0.3, -0.25) is 9.97 Å². The lowest BCUT2D eigenvalue weighted by Crippen LogP contribution is -1.86. The summed E-state index contributed by atoms with van der Waals surface area (Å²) in [7, 11) is 0. The van der Waals surface area contributed by atoms with Gasteiger partial charge in [-0.25, -0.2) is 4.98 Å². The van der Waals surface area contributed by atoms with E-state index in [0.29, 0.717) is 0 Å². The predicted octanol–water partition coefficient (Wildman–Crippen LogP) is 3.87. The normalized spacial score (nSPS) is 10.5. The first-order valence-corrected chi connectivity index (χ1v) is 7.23. The molecule has 0 amide bonds. The quantitative estimate of drug-likeness (QED) is 0.647. The van der Waals surface area contributed by atoms with Gasteiger partial charge in [0.2, 0.25) is 0 Å². The molecule has 0 aliphatic heterocycles. The molecule has 0 aromatic carbocycles. The molecule has 0 radical (unpaired) electrons. The third-order valence-corrected chi connectivity index (χ3v) is 4.17. The molecule has 3 rings (SSSR count). The smallest absolute Gasteiger partial charge is 0.155 e. The molecule has 5 heteroatoms. The van der Waals surface area contributed by atoms with Gasteiger partial charge in [-0.05, 0) is 46.9 Å². The lowest BCUT2D eigenvalue weighted by Gasteiger charge is -2.00. The van der Waals surface area contributed by atoms with E-state index in [1.165, 1.54) is 0 Å². The number of thiazole rings is 1. The summed E-state index contributed by atoms with van der Waals surface area (Å²) in [6.45, 7) is 0. The largest absolute Gasteiger partial charge is 0.255 e. The summed E-state index contributed by atoms with van der Waals surface area (Å²) in [4.78, 5) is 14.4. The highest BCUT2D eigenvalue weighted by Gasteiger charge is 2.15. The predicted molar refractivity (Wildman–Crippen MR) is 81.3 cm³/mol. The minimum Gasteiger partial charge on any atom is -0.255 e. The van der Waals surface area contributed by atoms with Crippen LogP contribution in [0, 0.1) is 3.01 Å². The van der Waals surface area contributed by atoms with Gasteiger partial charge in [-0.2, -0.15) is 0 Å². The van der Waals surface area contributed by atoms with Crippen LogP contribution in [-0.4, -0.2) is 15.0 Å². The Hall–Kier alpha value is -1.34. The van der Waals surface area contributed by atoms with Crippen molar-refractivity contribution in [3.8, 4) is 22.0 Å². The fourth-order valence-electron chi connectivity index (χ4n) is 1.64. The zero-order chi connectivity index (χ0) is 12.4. The first kappa shape index (κ1) is 11.7. The molecule has 0 spiro atoms. The van der Waals surface area contributed by atoms with Gasteiger partial charge in [0.25, 0.3) is 0 Å². The SMILES string of the molecule is Ic1nc(-c2ccccn2)c(-c2ccccn2)s1. The van der Waals surface area contributed by atoms with E-state index in [1.54, 1.807) is 23.7 Å². The Balaban J connectivity index is 2.17. The molecule has 88 valence electrons. The molecule has 3 aromatic rings. The van der Waals surface area contributed by atoms with Crippen molar-refractivity contribution in [3.63, 3.8) is 0 Å². The summed E-state index contributed by atoms with van der Waals surface area (Å²) in [6, 6.07) is 11.7. The maximum Gasteiger partial charge on any atom is 0.155 e. The third kappa shape index (κ3) is 2.28. The average molecular weight is 365 g/mol. The van der Waals surface area contributed by atoms with E-state index in [0.717, 1.165) is 25.0 Å². The van der Waals surface area contributed by atoms with Gasteiger partial charge >= 0.3 is 0 Å². The van der Waals surface area contributed by atoms with Crippen LogP contribution >= 0.6 is 33.9 Å². The number of pyridine rings is 2. The molecule has 0 saturated carbocycles. The third-order valence-electron chi connectivity index (χ3n) is 2.41. The number of halogens is 1. The summed E-state index contributed by atoms with van der Waals surface area (Å²) < 4.78 is 0.994. The number of nitrogens with zero attached hydrogens (tertiary/aromatic N) is 3. The maximum atomic E-state index is 4.56. The van der Waals surface area contributed by atoms with Crippen LogP contribution < -0.4 is 0 Å². The summed E-state index contributed by atoms with van der Waals surface area (Å²) in [5.41, 5.74) is 2.74. The Labute approximate surface area is 122 Å². The van der Waals surface area contributed by atoms with E-state index in [-0.39, 0.29) is 0 Å². The van der Waals surface area contributed by atoms with Crippen LogP contribution in [-0.2, 0) is 0 Å². The van der Waals surface area contributed by atoms with Crippen molar-refractivity contribution in [2.75, 3.05) is 0 Å². The van der Waals surface area contributed by atoms with Gasteiger partial charge < -0.3 is 0 Å². The number of hydrogen-bond acceptors (Lipinski definition) is 4. The van der Waals surface area contributed by atoms with Crippen LogP contribution in [0.2, 0.25) is 0 Å². The Morgan fingerprint density at radius 3 is 2.17 bits per heavy atom. The Morgan fingerprint density at radius 2 is 1.56 bits per heavy atom. The Morgan fingerprint density at radius 1 is 0.889 bits per heavy atom. The lowest BCUT2D eigenvalue weighted by molar-refractivity contribution is 1.26. The molecule has 0 N–H and O–H groups in total. The highest BCUT2D eigenvalue weighted by atomic mass is 127. The second kappa shape index (κ2) is 5.11. The standard InChI is InChI=1S/C13H8IN3S/c14-13-17-11(9-5-1-3-7-15-9)12(18-13)10-6-2-4-8-16-10/h1-8H. The molecule has 3 nitrogen and oxygen atoms in total. The molecular formula is C13H8IN3S. The van der Waals surface area contributed by atoms with Crippen molar-refractivity contribution in [2.24, 2.45) is 0 Å². The van der Waals surface area contributed by atoms with Crippen molar-refractivity contribution >= 4 is 33.9 Å². The molecule has 0 bridgehead atoms. The van der Waals surface area contributed by atoms with E-state index in [4.69, 9.17) is 0 Å². The van der Waals surface area contributed by atoms with Crippen molar-refractivity contribution in [1.29, 1.82) is 0 Å². The highest BCUT2D eigenvalue weighted by molar-refractivity contribution is 14.1. The fourth-order valence-corrected chi connectivity index (χ4v) is 3.32. The molecular weight excluding hydrogens is 357 g/mol. The molecule has 18 heavy (non-hydrogen) atoms. The highest BCUT2D eigenvalue weighted by Crippen LogP contribution is 2.35. The van der Waals surface area contributed by atoms with E-state index >= 15 is 0 Å². The van der Waals surface area contributed by atoms with Gasteiger partial charge in [0.05, 0.1) is 16.3 Å². The van der Waals surface area contributed by atoms with E-state index < -0.39 is 0 Å². The van der Waals surface area contributed by atoms with Crippen LogP contribution in [0.3, 0.4) is 0 Å². The summed E-state index contributed by atoms with van der Waals surface area (Å²) >= 11 is 3.87. The van der Waals surface area contributed by atoms with Gasteiger partial charge in [0.15, 0.2) is 3.01 Å². The molecule has 0 aliphatic carbocycles. The molecule has 0 saturated heterocycles. The number of hydrogen-bond donors (Lipinski definition) is 0. The summed E-state index contributed by atoms with van der Waals surface area (Å²) in [5.74, 6) is 0. The number of rotatable bonds is 2. The van der Waals surface area contributed by atoms with Gasteiger partial charge in [-0.15, -0.1) is 11.3 Å². The van der Waals surface area contributed by atoms with E-state index in [1.807, 2.05) is 36.4 Å². The lowest BCUT2D eigenvalue weighted by atomic mass is 10.2. The molecule has 0 fully saturated rings. The first-order valence-electron chi connectivity index (χ1n) is 5.34. The fraction of sp³-hybridized carbons (Fsp3) is 0. The first-order chi connectivity index (χ1) is 8.84. The topological polar surface area (TPSA) is 38.7 Å². The van der Waals surface area contributed by atoms with Crippen LogP contribution in [0.4, 0.5) is 0 Å². The van der Waals surface area contributed by atoms with Gasteiger partial charge in [0.1, 0.15) is 5.69 Å². The molecule has 3 aromatic heterocycles. The van der Waals surface area contributed by atoms with Gasteiger partial charge in [-0.1, -0.05) is 12.1 Å². The monoisotopic (exact) mass is 365 g/mol. The molecule has 0 atom stereocenters. The average Bonchev–Trinajstić information content (AvgIpc) is 2.83. The van der Waals surface area contributed by atoms with Crippen LogP contribution in [0.25, 0.3) is 22.0 Å². The number of aromatic nitrogens is 3. The zero-order valence-corrected chi connectivity index (χ0v) is 12.2.